The zero-order valence-electron chi connectivity index (χ0n) is 16.9. The molecule has 0 saturated carbocycles. The van der Waals surface area contributed by atoms with Gasteiger partial charge in [0.05, 0.1) is 24.8 Å². The van der Waals surface area contributed by atoms with E-state index in [1.807, 2.05) is 25.3 Å². The maximum Gasteiger partial charge on any atom is 0.310 e. The minimum atomic E-state index is -0.103. The number of imidazole rings is 1. The Morgan fingerprint density at radius 2 is 2.21 bits per heavy atom. The van der Waals surface area contributed by atoms with E-state index in [0.29, 0.717) is 19.7 Å². The number of aliphatic imine (C=N–C) groups is 1. The molecule has 1 aliphatic heterocycles. The number of ether oxygens (including phenoxy) is 1. The molecule has 0 radical (unpaired) electrons. The molecule has 1 aliphatic rings. The largest absolute Gasteiger partial charge is 0.466 e. The number of aryl methyl sites for hydroxylation is 1. The van der Waals surface area contributed by atoms with Gasteiger partial charge in [0, 0.05) is 31.5 Å². The van der Waals surface area contributed by atoms with Gasteiger partial charge in [-0.05, 0) is 45.7 Å². The second-order valence-corrected chi connectivity index (χ2v) is 6.83. The third-order valence-corrected chi connectivity index (χ3v) is 4.81. The number of rotatable bonds is 5. The van der Waals surface area contributed by atoms with Crippen LogP contribution in [0.25, 0.3) is 5.65 Å². The van der Waals surface area contributed by atoms with E-state index in [9.17, 15) is 4.79 Å². The van der Waals surface area contributed by atoms with Crippen molar-refractivity contribution in [1.82, 2.24) is 19.6 Å². The van der Waals surface area contributed by atoms with E-state index in [-0.39, 0.29) is 35.9 Å². The van der Waals surface area contributed by atoms with Crippen LogP contribution in [0.1, 0.15) is 38.1 Å². The number of halogens is 1. The van der Waals surface area contributed by atoms with E-state index in [0.717, 1.165) is 48.9 Å². The molecule has 3 rings (SSSR count). The van der Waals surface area contributed by atoms with Gasteiger partial charge in [-0.25, -0.2) is 9.98 Å². The molecule has 2 aromatic heterocycles. The van der Waals surface area contributed by atoms with Crippen molar-refractivity contribution in [2.45, 2.75) is 40.2 Å². The van der Waals surface area contributed by atoms with Gasteiger partial charge in [-0.2, -0.15) is 0 Å². The summed E-state index contributed by atoms with van der Waals surface area (Å²) in [5.41, 5.74) is 3.01. The van der Waals surface area contributed by atoms with Gasteiger partial charge >= 0.3 is 5.97 Å². The minimum Gasteiger partial charge on any atom is -0.466 e. The zero-order valence-corrected chi connectivity index (χ0v) is 19.2. The summed E-state index contributed by atoms with van der Waals surface area (Å²) in [5.74, 6) is 0.648. The summed E-state index contributed by atoms with van der Waals surface area (Å²) in [5, 5.41) is 3.35. The van der Waals surface area contributed by atoms with Crippen molar-refractivity contribution in [2.24, 2.45) is 10.9 Å². The highest BCUT2D eigenvalue weighted by molar-refractivity contribution is 14.0. The number of nitrogens with zero attached hydrogens (tertiary/aromatic N) is 4. The number of likely N-dealkylation sites (tertiary alicyclic amines) is 1. The van der Waals surface area contributed by atoms with Crippen LogP contribution >= 0.6 is 24.0 Å². The fourth-order valence-corrected chi connectivity index (χ4v) is 3.48. The van der Waals surface area contributed by atoms with Crippen molar-refractivity contribution in [2.75, 3.05) is 26.2 Å². The second kappa shape index (κ2) is 10.6. The summed E-state index contributed by atoms with van der Waals surface area (Å²) in [6, 6.07) is 6.08. The van der Waals surface area contributed by atoms with E-state index in [2.05, 4.69) is 39.5 Å². The van der Waals surface area contributed by atoms with Crippen LogP contribution in [0.5, 0.6) is 0 Å². The molecular weight excluding hydrogens is 469 g/mol. The number of esters is 1. The Morgan fingerprint density at radius 3 is 2.93 bits per heavy atom. The average molecular weight is 499 g/mol. The smallest absolute Gasteiger partial charge is 0.310 e. The fraction of sp³-hybridized carbons (Fsp3) is 0.550. The number of hydrogen-bond donors (Lipinski definition) is 1. The molecule has 8 heteroatoms. The number of guanidine groups is 1. The zero-order chi connectivity index (χ0) is 19.2. The third-order valence-electron chi connectivity index (χ3n) is 4.81. The van der Waals surface area contributed by atoms with Gasteiger partial charge in [-0.3, -0.25) is 4.79 Å². The molecule has 3 heterocycles. The molecule has 1 saturated heterocycles. The predicted molar refractivity (Wildman–Crippen MR) is 121 cm³/mol. The Hall–Kier alpha value is -1.84. The van der Waals surface area contributed by atoms with E-state index in [1.54, 1.807) is 0 Å². The molecule has 0 spiro atoms. The molecule has 1 fully saturated rings. The molecule has 2 aromatic rings. The highest BCUT2D eigenvalue weighted by Gasteiger charge is 2.28. The molecule has 1 atom stereocenters. The van der Waals surface area contributed by atoms with E-state index in [4.69, 9.17) is 9.73 Å². The molecule has 0 aliphatic carbocycles. The lowest BCUT2D eigenvalue weighted by atomic mass is 9.98. The van der Waals surface area contributed by atoms with Crippen LogP contribution < -0.4 is 5.32 Å². The number of carbonyl (C=O) groups excluding carboxylic acids is 1. The number of piperidine rings is 1. The summed E-state index contributed by atoms with van der Waals surface area (Å²) in [7, 11) is 0. The first-order valence-corrected chi connectivity index (χ1v) is 9.75. The molecule has 7 nitrogen and oxygen atoms in total. The van der Waals surface area contributed by atoms with Crippen molar-refractivity contribution in [3.05, 3.63) is 35.8 Å². The SMILES string of the molecule is CCNC(=NCc1cn2c(C)cccc2n1)N1CCCC(C(=O)OCC)C1.I. The van der Waals surface area contributed by atoms with Crippen LogP contribution in [-0.2, 0) is 16.1 Å². The molecule has 0 bridgehead atoms. The number of nitrogens with one attached hydrogen (secondary N) is 1. The predicted octanol–water partition coefficient (Wildman–Crippen LogP) is 3.00. The van der Waals surface area contributed by atoms with Crippen LogP contribution in [0.2, 0.25) is 0 Å². The summed E-state index contributed by atoms with van der Waals surface area (Å²) in [6.07, 6.45) is 3.87. The number of hydrogen-bond acceptors (Lipinski definition) is 4. The highest BCUT2D eigenvalue weighted by atomic mass is 127. The average Bonchev–Trinajstić information content (AvgIpc) is 3.10. The minimum absolute atomic E-state index is 0. The molecule has 0 amide bonds. The van der Waals surface area contributed by atoms with Gasteiger partial charge < -0.3 is 19.4 Å². The highest BCUT2D eigenvalue weighted by Crippen LogP contribution is 2.18. The van der Waals surface area contributed by atoms with Crippen LogP contribution in [0.15, 0.2) is 29.4 Å². The maximum atomic E-state index is 12.1. The number of fused-ring (bicyclic) bond motifs is 1. The first kappa shape index (κ1) is 22.4. The van der Waals surface area contributed by atoms with Gasteiger partial charge in [0.25, 0.3) is 0 Å². The van der Waals surface area contributed by atoms with E-state index < -0.39 is 0 Å². The van der Waals surface area contributed by atoms with Crippen molar-refractivity contribution < 1.29 is 9.53 Å². The van der Waals surface area contributed by atoms with Crippen LogP contribution in [-0.4, -0.2) is 52.5 Å². The van der Waals surface area contributed by atoms with Crippen molar-refractivity contribution in [1.29, 1.82) is 0 Å². The maximum absolute atomic E-state index is 12.1. The summed E-state index contributed by atoms with van der Waals surface area (Å²) < 4.78 is 7.28. The molecule has 154 valence electrons. The lowest BCUT2D eigenvalue weighted by molar-refractivity contribution is -0.149. The van der Waals surface area contributed by atoms with Gasteiger partial charge in [0.2, 0.25) is 0 Å². The van der Waals surface area contributed by atoms with Gasteiger partial charge in [0.15, 0.2) is 5.96 Å². The lowest BCUT2D eigenvalue weighted by Gasteiger charge is -2.33. The Morgan fingerprint density at radius 1 is 1.39 bits per heavy atom. The van der Waals surface area contributed by atoms with Crippen LogP contribution in [0, 0.1) is 12.8 Å². The first-order chi connectivity index (χ1) is 13.1. The number of carbonyl (C=O) groups is 1. The number of pyridine rings is 1. The topological polar surface area (TPSA) is 71.2 Å². The van der Waals surface area contributed by atoms with Crippen LogP contribution in [0.3, 0.4) is 0 Å². The van der Waals surface area contributed by atoms with Gasteiger partial charge in [-0.15, -0.1) is 24.0 Å². The second-order valence-electron chi connectivity index (χ2n) is 6.83. The summed E-state index contributed by atoms with van der Waals surface area (Å²) in [6.45, 7) is 9.22. The Labute approximate surface area is 183 Å². The Kier molecular flexibility index (Phi) is 8.53. The quantitative estimate of drug-likeness (QED) is 0.297. The third kappa shape index (κ3) is 5.36. The first-order valence-electron chi connectivity index (χ1n) is 9.75. The molecular formula is C20H30IN5O2. The van der Waals surface area contributed by atoms with Crippen molar-refractivity contribution in [3.8, 4) is 0 Å². The lowest BCUT2D eigenvalue weighted by Crippen LogP contribution is -2.48. The Bertz CT molecular complexity index is 820. The van der Waals surface area contributed by atoms with E-state index in [1.165, 1.54) is 0 Å². The number of aromatic nitrogens is 2. The van der Waals surface area contributed by atoms with Crippen LogP contribution in [0.4, 0.5) is 0 Å². The van der Waals surface area contributed by atoms with E-state index >= 15 is 0 Å². The normalized spacial score (nSPS) is 17.3. The molecule has 1 unspecified atom stereocenters. The fourth-order valence-electron chi connectivity index (χ4n) is 3.48. The summed E-state index contributed by atoms with van der Waals surface area (Å²) >= 11 is 0. The van der Waals surface area contributed by atoms with Gasteiger partial charge in [-0.1, -0.05) is 6.07 Å². The Balaban J connectivity index is 0.00000280. The van der Waals surface area contributed by atoms with Gasteiger partial charge in [0.1, 0.15) is 5.65 Å². The summed E-state index contributed by atoms with van der Waals surface area (Å²) in [4.78, 5) is 23.7. The van der Waals surface area contributed by atoms with Crippen molar-refractivity contribution in [3.63, 3.8) is 0 Å². The standard InChI is InChI=1S/C20H29N5O2.HI/c1-4-21-20(24-11-7-9-16(13-24)19(26)27-5-2)22-12-17-14-25-15(3)8-6-10-18(25)23-17;/h6,8,10,14,16H,4-5,7,9,11-13H2,1-3H3,(H,21,22);1H. The molecule has 28 heavy (non-hydrogen) atoms. The molecule has 1 N–H and O–H groups in total. The molecule has 0 aromatic carbocycles. The monoisotopic (exact) mass is 499 g/mol. The van der Waals surface area contributed by atoms with Crippen molar-refractivity contribution >= 4 is 41.6 Å².